The van der Waals surface area contributed by atoms with E-state index in [-0.39, 0.29) is 17.5 Å². The standard InChI is InChI=1S/C23H30ClN5O4/c1-23(2,3)29(22(32)33)19-11-14(21(31)28(4)5)7-9-16(19)25-20(30)18-10-13-6-8-15(24)12-17(13)26-27-18/h6,8,10,12,14,16,19H,7,9,11H2,1-5H3,(H,25,30)(H,32,33)/t14-,16-,19+/m0/s1. The fourth-order valence-corrected chi connectivity index (χ4v) is 4.65. The molecule has 1 saturated carbocycles. The fraction of sp³-hybridized carbons (Fsp3) is 0.522. The van der Waals surface area contributed by atoms with Crippen LogP contribution in [0.3, 0.4) is 0 Å². The topological polar surface area (TPSA) is 116 Å². The highest BCUT2D eigenvalue weighted by molar-refractivity contribution is 6.31. The molecule has 3 amide bonds. The van der Waals surface area contributed by atoms with Gasteiger partial charge in [-0.2, -0.15) is 0 Å². The molecule has 2 aromatic rings. The average molecular weight is 476 g/mol. The second-order valence-electron chi connectivity index (χ2n) is 9.65. The average Bonchev–Trinajstić information content (AvgIpc) is 2.72. The molecule has 1 fully saturated rings. The molecule has 1 aromatic carbocycles. The molecule has 178 valence electrons. The minimum absolute atomic E-state index is 0.0388. The molecule has 1 aromatic heterocycles. The number of halogens is 1. The van der Waals surface area contributed by atoms with Gasteiger partial charge in [0.1, 0.15) is 0 Å². The first kappa shape index (κ1) is 24.7. The van der Waals surface area contributed by atoms with E-state index in [1.807, 2.05) is 0 Å². The second kappa shape index (κ2) is 9.51. The van der Waals surface area contributed by atoms with Gasteiger partial charge in [0.25, 0.3) is 5.91 Å². The first-order valence-corrected chi connectivity index (χ1v) is 11.2. The molecule has 9 nitrogen and oxygen atoms in total. The Balaban J connectivity index is 1.88. The van der Waals surface area contributed by atoms with E-state index in [4.69, 9.17) is 11.6 Å². The van der Waals surface area contributed by atoms with Crippen molar-refractivity contribution in [2.75, 3.05) is 14.1 Å². The molecule has 0 spiro atoms. The summed E-state index contributed by atoms with van der Waals surface area (Å²) in [5.74, 6) is -0.790. The van der Waals surface area contributed by atoms with Crippen molar-refractivity contribution < 1.29 is 19.5 Å². The highest BCUT2D eigenvalue weighted by Crippen LogP contribution is 2.33. The summed E-state index contributed by atoms with van der Waals surface area (Å²) in [5.41, 5.74) is -0.0120. The molecule has 3 atom stereocenters. The second-order valence-corrected chi connectivity index (χ2v) is 10.1. The van der Waals surface area contributed by atoms with Gasteiger partial charge in [-0.25, -0.2) is 4.79 Å². The summed E-state index contributed by atoms with van der Waals surface area (Å²) in [4.78, 5) is 40.8. The monoisotopic (exact) mass is 475 g/mol. The Hall–Kier alpha value is -2.94. The number of carbonyl (C=O) groups is 3. The van der Waals surface area contributed by atoms with Crippen LogP contribution in [0, 0.1) is 5.92 Å². The van der Waals surface area contributed by atoms with Crippen LogP contribution in [0.4, 0.5) is 4.79 Å². The van der Waals surface area contributed by atoms with Crippen molar-refractivity contribution in [3.63, 3.8) is 0 Å². The molecule has 2 N–H and O–H groups in total. The first-order chi connectivity index (χ1) is 15.4. The van der Waals surface area contributed by atoms with Crippen LogP contribution in [0.25, 0.3) is 10.9 Å². The van der Waals surface area contributed by atoms with E-state index >= 15 is 0 Å². The summed E-state index contributed by atoms with van der Waals surface area (Å²) >= 11 is 5.98. The Labute approximate surface area is 198 Å². The third kappa shape index (κ3) is 5.52. The lowest BCUT2D eigenvalue weighted by atomic mass is 9.79. The van der Waals surface area contributed by atoms with Gasteiger partial charge in [0.05, 0.1) is 11.6 Å². The van der Waals surface area contributed by atoms with E-state index in [0.29, 0.717) is 29.8 Å². The lowest BCUT2D eigenvalue weighted by Gasteiger charge is -2.47. The quantitative estimate of drug-likeness (QED) is 0.700. The number of hydrogen-bond donors (Lipinski definition) is 2. The highest BCUT2D eigenvalue weighted by Gasteiger charge is 2.44. The van der Waals surface area contributed by atoms with Gasteiger partial charge < -0.3 is 15.3 Å². The van der Waals surface area contributed by atoms with E-state index in [2.05, 4.69) is 15.5 Å². The minimum Gasteiger partial charge on any atom is -0.465 e. The molecule has 0 saturated heterocycles. The molecule has 1 heterocycles. The van der Waals surface area contributed by atoms with Crippen molar-refractivity contribution in [2.24, 2.45) is 5.92 Å². The van der Waals surface area contributed by atoms with Crippen LogP contribution >= 0.6 is 11.6 Å². The predicted molar refractivity (Wildman–Crippen MR) is 125 cm³/mol. The lowest BCUT2D eigenvalue weighted by molar-refractivity contribution is -0.135. The van der Waals surface area contributed by atoms with Gasteiger partial charge in [0.2, 0.25) is 5.91 Å². The van der Waals surface area contributed by atoms with Crippen molar-refractivity contribution in [3.05, 3.63) is 35.0 Å². The maximum Gasteiger partial charge on any atom is 0.408 e. The van der Waals surface area contributed by atoms with E-state index in [1.54, 1.807) is 59.1 Å². The molecular formula is C23H30ClN5O4. The van der Waals surface area contributed by atoms with Gasteiger partial charge in [0.15, 0.2) is 5.69 Å². The van der Waals surface area contributed by atoms with Crippen molar-refractivity contribution in [3.8, 4) is 0 Å². The molecular weight excluding hydrogens is 446 g/mol. The van der Waals surface area contributed by atoms with Crippen molar-refractivity contribution in [1.82, 2.24) is 25.3 Å². The van der Waals surface area contributed by atoms with E-state index in [9.17, 15) is 19.5 Å². The minimum atomic E-state index is -1.09. The molecule has 10 heteroatoms. The van der Waals surface area contributed by atoms with Gasteiger partial charge in [-0.05, 0) is 58.2 Å². The fourth-order valence-electron chi connectivity index (χ4n) is 4.48. The number of carbonyl (C=O) groups excluding carboxylic acids is 2. The van der Waals surface area contributed by atoms with Crippen LogP contribution in [0.2, 0.25) is 5.02 Å². The third-order valence-electron chi connectivity index (χ3n) is 5.97. The maximum atomic E-state index is 13.1. The van der Waals surface area contributed by atoms with Crippen LogP contribution in [0.5, 0.6) is 0 Å². The van der Waals surface area contributed by atoms with Crippen molar-refractivity contribution in [1.29, 1.82) is 0 Å². The smallest absolute Gasteiger partial charge is 0.408 e. The van der Waals surface area contributed by atoms with Gasteiger partial charge >= 0.3 is 6.09 Å². The zero-order chi connectivity index (χ0) is 24.5. The van der Waals surface area contributed by atoms with Gasteiger partial charge in [0, 0.05) is 42.0 Å². The molecule has 33 heavy (non-hydrogen) atoms. The molecule has 0 unspecified atom stereocenters. The molecule has 0 aliphatic heterocycles. The Kier molecular flexibility index (Phi) is 7.11. The summed E-state index contributed by atoms with van der Waals surface area (Å²) in [5, 5.41) is 22.3. The first-order valence-electron chi connectivity index (χ1n) is 10.9. The number of amides is 3. The Morgan fingerprint density at radius 3 is 2.42 bits per heavy atom. The third-order valence-corrected chi connectivity index (χ3v) is 6.20. The van der Waals surface area contributed by atoms with Crippen LogP contribution < -0.4 is 5.32 Å². The van der Waals surface area contributed by atoms with Crippen LogP contribution in [-0.2, 0) is 4.79 Å². The summed E-state index contributed by atoms with van der Waals surface area (Å²) < 4.78 is 0. The van der Waals surface area contributed by atoms with E-state index in [1.165, 1.54) is 9.80 Å². The van der Waals surface area contributed by atoms with Gasteiger partial charge in [-0.3, -0.25) is 14.5 Å². The number of fused-ring (bicyclic) bond motifs is 1. The summed E-state index contributed by atoms with van der Waals surface area (Å²) in [6.07, 6.45) is 0.259. The predicted octanol–water partition coefficient (Wildman–Crippen LogP) is 3.42. The number of nitrogens with zero attached hydrogens (tertiary/aromatic N) is 4. The van der Waals surface area contributed by atoms with Crippen LogP contribution in [0.15, 0.2) is 24.3 Å². The number of hydrogen-bond acceptors (Lipinski definition) is 5. The summed E-state index contributed by atoms with van der Waals surface area (Å²) in [6, 6.07) is 5.72. The maximum absolute atomic E-state index is 13.1. The largest absolute Gasteiger partial charge is 0.465 e. The van der Waals surface area contributed by atoms with Crippen LogP contribution in [0.1, 0.15) is 50.5 Å². The molecule has 3 rings (SSSR count). The van der Waals surface area contributed by atoms with E-state index < -0.39 is 29.6 Å². The molecule has 0 radical (unpaired) electrons. The molecule has 0 bridgehead atoms. The van der Waals surface area contributed by atoms with E-state index in [0.717, 1.165) is 5.39 Å². The van der Waals surface area contributed by atoms with Gasteiger partial charge in [-0.15, -0.1) is 10.2 Å². The molecule has 1 aliphatic rings. The number of rotatable bonds is 4. The van der Waals surface area contributed by atoms with Crippen molar-refractivity contribution >= 4 is 40.4 Å². The Morgan fingerprint density at radius 1 is 1.12 bits per heavy atom. The number of benzene rings is 1. The Morgan fingerprint density at radius 2 is 1.82 bits per heavy atom. The zero-order valence-electron chi connectivity index (χ0n) is 19.5. The SMILES string of the molecule is CN(C)C(=O)[C@H]1CC[C@H](NC(=O)c2cc3ccc(Cl)cc3nn2)[C@H](N(C(=O)O)C(C)(C)C)C1. The Bertz CT molecular complexity index is 1070. The zero-order valence-corrected chi connectivity index (χ0v) is 20.3. The normalized spacial score (nSPS) is 20.8. The highest BCUT2D eigenvalue weighted by atomic mass is 35.5. The summed E-state index contributed by atoms with van der Waals surface area (Å²) in [6.45, 7) is 5.41. The summed E-state index contributed by atoms with van der Waals surface area (Å²) in [7, 11) is 3.38. The number of nitrogens with one attached hydrogen (secondary N) is 1. The van der Waals surface area contributed by atoms with Crippen LogP contribution in [-0.4, -0.2) is 74.7 Å². The van der Waals surface area contributed by atoms with Gasteiger partial charge in [-0.1, -0.05) is 17.7 Å². The van der Waals surface area contributed by atoms with Crippen molar-refractivity contribution in [2.45, 2.75) is 57.7 Å². The number of carboxylic acid groups (broad SMARTS) is 1. The number of aromatic nitrogens is 2. The molecule has 1 aliphatic carbocycles. The lowest BCUT2D eigenvalue weighted by Crippen LogP contribution is -2.61.